The van der Waals surface area contributed by atoms with Crippen LogP contribution in [0.1, 0.15) is 31.2 Å². The van der Waals surface area contributed by atoms with Crippen LogP contribution in [0.5, 0.6) is 5.75 Å². The van der Waals surface area contributed by atoms with Crippen molar-refractivity contribution in [2.45, 2.75) is 25.7 Å². The normalized spacial score (nSPS) is 15.6. The summed E-state index contributed by atoms with van der Waals surface area (Å²) in [5, 5.41) is 2.21. The van der Waals surface area contributed by atoms with Gasteiger partial charge >= 0.3 is 0 Å². The average Bonchev–Trinajstić information content (AvgIpc) is 2.73. The maximum absolute atomic E-state index is 13.6. The van der Waals surface area contributed by atoms with Crippen molar-refractivity contribution >= 4 is 39.9 Å². The van der Waals surface area contributed by atoms with E-state index in [2.05, 4.69) is 4.98 Å². The molecule has 0 aliphatic carbocycles. The molecular weight excluding hydrogens is 376 g/mol. The maximum Gasteiger partial charge on any atom is 0.241 e. The lowest BCUT2D eigenvalue weighted by molar-refractivity contribution is -0.127. The molecule has 5 nitrogen and oxygen atoms in total. The number of amides is 2. The van der Waals surface area contributed by atoms with Crippen LogP contribution in [0, 0.1) is 0 Å². The summed E-state index contributed by atoms with van der Waals surface area (Å²) in [7, 11) is 0. The number of carbonyl (C=O) groups is 2. The van der Waals surface area contributed by atoms with Crippen LogP contribution in [-0.2, 0) is 9.59 Å². The highest BCUT2D eigenvalue weighted by molar-refractivity contribution is 6.30. The third-order valence-electron chi connectivity index (χ3n) is 4.97. The number of carbonyl (C=O) groups excluding carboxylic acids is 2. The maximum atomic E-state index is 13.6. The van der Waals surface area contributed by atoms with Crippen molar-refractivity contribution in [2.75, 3.05) is 11.5 Å². The average molecular weight is 395 g/mol. The molecule has 0 unspecified atom stereocenters. The molecule has 2 aromatic carbocycles. The van der Waals surface area contributed by atoms with E-state index in [0.29, 0.717) is 35.1 Å². The molecule has 0 bridgehead atoms. The quantitative estimate of drug-likeness (QED) is 0.644. The largest absolute Gasteiger partial charge is 0.493 e. The van der Waals surface area contributed by atoms with E-state index in [0.717, 1.165) is 10.8 Å². The molecule has 2 amide bonds. The van der Waals surface area contributed by atoms with Crippen LogP contribution in [0.4, 0.5) is 5.69 Å². The minimum absolute atomic E-state index is 0.209. The van der Waals surface area contributed by atoms with Gasteiger partial charge in [0, 0.05) is 34.0 Å². The Kier molecular flexibility index (Phi) is 5.01. The van der Waals surface area contributed by atoms with Gasteiger partial charge in [0.2, 0.25) is 11.8 Å². The molecule has 1 aliphatic rings. The fourth-order valence-electron chi connectivity index (χ4n) is 3.59. The first-order chi connectivity index (χ1) is 13.6. The van der Waals surface area contributed by atoms with Crippen molar-refractivity contribution in [3.63, 3.8) is 0 Å². The first-order valence-corrected chi connectivity index (χ1v) is 9.59. The number of halogens is 1. The molecule has 0 saturated carbocycles. The minimum atomic E-state index is -0.503. The van der Waals surface area contributed by atoms with Crippen molar-refractivity contribution in [1.82, 2.24) is 4.98 Å². The van der Waals surface area contributed by atoms with E-state index in [1.54, 1.807) is 37.5 Å². The van der Waals surface area contributed by atoms with Crippen LogP contribution in [-0.4, -0.2) is 23.4 Å². The van der Waals surface area contributed by atoms with E-state index in [9.17, 15) is 9.59 Å². The second-order valence-electron chi connectivity index (χ2n) is 6.67. The fourth-order valence-corrected chi connectivity index (χ4v) is 3.77. The minimum Gasteiger partial charge on any atom is -0.493 e. The summed E-state index contributed by atoms with van der Waals surface area (Å²) >= 11 is 6.15. The van der Waals surface area contributed by atoms with Crippen LogP contribution in [0.2, 0.25) is 5.02 Å². The molecule has 0 spiro atoms. The van der Waals surface area contributed by atoms with E-state index in [1.807, 2.05) is 24.3 Å². The second-order valence-corrected chi connectivity index (χ2v) is 7.11. The molecule has 0 N–H and O–H groups in total. The molecule has 142 valence electrons. The van der Waals surface area contributed by atoms with Crippen molar-refractivity contribution in [1.29, 1.82) is 0 Å². The standard InChI is InChI=1S/C22H19ClN2O3/c1-2-21(26)25(19-13-24-12-14-5-3-4-6-16(14)19)22(27)17-9-10-28-20-8-7-15(23)11-18(17)20/h3-8,11-13,17H,2,9-10H2,1H3/t17-/m1/s1. The first-order valence-electron chi connectivity index (χ1n) is 9.22. The van der Waals surface area contributed by atoms with Gasteiger partial charge in [0.05, 0.1) is 24.4 Å². The number of benzene rings is 2. The zero-order valence-electron chi connectivity index (χ0n) is 15.4. The van der Waals surface area contributed by atoms with Crippen molar-refractivity contribution in [3.05, 3.63) is 65.4 Å². The molecule has 6 heteroatoms. The van der Waals surface area contributed by atoms with Crippen LogP contribution in [0.25, 0.3) is 10.8 Å². The molecular formula is C22H19ClN2O3. The molecule has 1 aliphatic heterocycles. The number of nitrogens with zero attached hydrogens (tertiary/aromatic N) is 2. The smallest absolute Gasteiger partial charge is 0.241 e. The van der Waals surface area contributed by atoms with E-state index < -0.39 is 5.92 Å². The van der Waals surface area contributed by atoms with Gasteiger partial charge in [-0.3, -0.25) is 14.6 Å². The van der Waals surface area contributed by atoms with Gasteiger partial charge in [-0.15, -0.1) is 0 Å². The van der Waals surface area contributed by atoms with Crippen LogP contribution < -0.4 is 9.64 Å². The highest BCUT2D eigenvalue weighted by atomic mass is 35.5. The fraction of sp³-hybridized carbons (Fsp3) is 0.227. The molecule has 28 heavy (non-hydrogen) atoms. The third-order valence-corrected chi connectivity index (χ3v) is 5.20. The van der Waals surface area contributed by atoms with Gasteiger partial charge in [0.15, 0.2) is 0 Å². The van der Waals surface area contributed by atoms with Crippen molar-refractivity contribution in [2.24, 2.45) is 0 Å². The number of aromatic nitrogens is 1. The number of ether oxygens (including phenoxy) is 1. The molecule has 3 aromatic rings. The van der Waals surface area contributed by atoms with E-state index in [4.69, 9.17) is 16.3 Å². The number of rotatable bonds is 3. The lowest BCUT2D eigenvalue weighted by atomic mass is 9.91. The van der Waals surface area contributed by atoms with Crippen molar-refractivity contribution in [3.8, 4) is 5.75 Å². The van der Waals surface area contributed by atoms with Gasteiger partial charge in [-0.25, -0.2) is 4.90 Å². The summed E-state index contributed by atoms with van der Waals surface area (Å²) in [5.41, 5.74) is 1.22. The second kappa shape index (κ2) is 7.60. The summed E-state index contributed by atoms with van der Waals surface area (Å²) in [4.78, 5) is 32.0. The van der Waals surface area contributed by atoms with E-state index in [-0.39, 0.29) is 18.2 Å². The number of pyridine rings is 1. The molecule has 0 radical (unpaired) electrons. The van der Waals surface area contributed by atoms with Crippen LogP contribution >= 0.6 is 11.6 Å². The van der Waals surface area contributed by atoms with Crippen molar-refractivity contribution < 1.29 is 14.3 Å². The van der Waals surface area contributed by atoms with Gasteiger partial charge in [-0.05, 0) is 24.6 Å². The van der Waals surface area contributed by atoms with Crippen LogP contribution in [0.3, 0.4) is 0 Å². The Hall–Kier alpha value is -2.92. The highest BCUT2D eigenvalue weighted by Gasteiger charge is 2.35. The Balaban J connectivity index is 1.83. The van der Waals surface area contributed by atoms with E-state index >= 15 is 0 Å². The molecule has 4 rings (SSSR count). The first kappa shape index (κ1) is 18.4. The zero-order chi connectivity index (χ0) is 19.7. The molecule has 0 fully saturated rings. The van der Waals surface area contributed by atoms with Gasteiger partial charge in [-0.2, -0.15) is 0 Å². The molecule has 2 heterocycles. The Morgan fingerprint density at radius 1 is 1.21 bits per heavy atom. The molecule has 1 aromatic heterocycles. The Labute approximate surface area is 167 Å². The monoisotopic (exact) mass is 394 g/mol. The molecule has 1 atom stereocenters. The number of anilines is 1. The predicted octanol–water partition coefficient (Wildman–Crippen LogP) is 4.72. The summed E-state index contributed by atoms with van der Waals surface area (Å²) < 4.78 is 5.67. The SMILES string of the molecule is CCC(=O)N(C(=O)[C@@H]1CCOc2ccc(Cl)cc21)c1cncc2ccccc12. The lowest BCUT2D eigenvalue weighted by Crippen LogP contribution is -2.41. The van der Waals surface area contributed by atoms with Gasteiger partial charge < -0.3 is 4.74 Å². The molecule has 0 saturated heterocycles. The Morgan fingerprint density at radius 2 is 2.04 bits per heavy atom. The number of imide groups is 1. The summed E-state index contributed by atoms with van der Waals surface area (Å²) in [6, 6.07) is 12.8. The zero-order valence-corrected chi connectivity index (χ0v) is 16.1. The summed E-state index contributed by atoms with van der Waals surface area (Å²) in [5.74, 6) is -0.416. The highest BCUT2D eigenvalue weighted by Crippen LogP contribution is 2.38. The van der Waals surface area contributed by atoms with Gasteiger partial charge in [0.1, 0.15) is 5.75 Å². The predicted molar refractivity (Wildman–Crippen MR) is 109 cm³/mol. The van der Waals surface area contributed by atoms with Gasteiger partial charge in [-0.1, -0.05) is 42.8 Å². The third kappa shape index (κ3) is 3.22. The lowest BCUT2D eigenvalue weighted by Gasteiger charge is -2.30. The van der Waals surface area contributed by atoms with Crippen LogP contribution in [0.15, 0.2) is 54.9 Å². The number of hydrogen-bond acceptors (Lipinski definition) is 4. The van der Waals surface area contributed by atoms with E-state index in [1.165, 1.54) is 4.90 Å². The Morgan fingerprint density at radius 3 is 2.86 bits per heavy atom. The summed E-state index contributed by atoms with van der Waals surface area (Å²) in [6.45, 7) is 2.16. The number of hydrogen-bond donors (Lipinski definition) is 0. The topological polar surface area (TPSA) is 59.5 Å². The Bertz CT molecular complexity index is 1060. The summed E-state index contributed by atoms with van der Waals surface area (Å²) in [6.07, 6.45) is 3.99. The van der Waals surface area contributed by atoms with Gasteiger partial charge in [0.25, 0.3) is 0 Å². The number of fused-ring (bicyclic) bond motifs is 2.